The van der Waals surface area contributed by atoms with Crippen molar-refractivity contribution in [1.82, 2.24) is 10.2 Å². The fourth-order valence-electron chi connectivity index (χ4n) is 3.27. The highest BCUT2D eigenvalue weighted by Crippen LogP contribution is 2.28. The lowest BCUT2D eigenvalue weighted by molar-refractivity contribution is -0.116. The zero-order chi connectivity index (χ0) is 15.7. The minimum absolute atomic E-state index is 0. The largest absolute Gasteiger partial charge is 0.334 e. The molecule has 2 aliphatic rings. The van der Waals surface area contributed by atoms with Crippen LogP contribution in [0.2, 0.25) is 0 Å². The molecule has 0 radical (unpaired) electrons. The summed E-state index contributed by atoms with van der Waals surface area (Å²) in [6.45, 7) is 1.38. The van der Waals surface area contributed by atoms with Gasteiger partial charge in [-0.2, -0.15) is 0 Å². The number of benzene rings is 1. The van der Waals surface area contributed by atoms with Gasteiger partial charge in [0, 0.05) is 31.2 Å². The molecule has 126 valence electrons. The Morgan fingerprint density at radius 2 is 2.22 bits per heavy atom. The Morgan fingerprint density at radius 1 is 1.43 bits per heavy atom. The number of aryl methyl sites for hydroxylation is 1. The molecule has 2 heterocycles. The number of rotatable bonds is 3. The van der Waals surface area contributed by atoms with Crippen molar-refractivity contribution in [2.45, 2.75) is 31.7 Å². The molecule has 0 saturated carbocycles. The monoisotopic (exact) mass is 341 g/mol. The van der Waals surface area contributed by atoms with Crippen LogP contribution in [-0.2, 0) is 11.2 Å². The van der Waals surface area contributed by atoms with Gasteiger partial charge in [-0.25, -0.2) is 4.39 Å². The molecule has 1 atom stereocenters. The Labute approximate surface area is 141 Å². The molecule has 23 heavy (non-hydrogen) atoms. The SMILES string of the molecule is CNCC1CCCN1C(=O)c1cc2c(cc1F)NC(=O)CC2.Cl. The molecular formula is C16H21ClFN3O2. The molecule has 0 aromatic heterocycles. The van der Waals surface area contributed by atoms with Gasteiger partial charge >= 0.3 is 0 Å². The van der Waals surface area contributed by atoms with Crippen LogP contribution in [0.4, 0.5) is 10.1 Å². The molecule has 2 aliphatic heterocycles. The fraction of sp³-hybridized carbons (Fsp3) is 0.500. The van der Waals surface area contributed by atoms with Gasteiger partial charge in [-0.1, -0.05) is 0 Å². The van der Waals surface area contributed by atoms with E-state index in [1.54, 1.807) is 11.0 Å². The molecule has 3 rings (SSSR count). The second-order valence-corrected chi connectivity index (χ2v) is 5.89. The van der Waals surface area contributed by atoms with Crippen LogP contribution in [0.15, 0.2) is 12.1 Å². The first kappa shape index (κ1) is 17.7. The summed E-state index contributed by atoms with van der Waals surface area (Å²) in [6, 6.07) is 2.98. The number of amides is 2. The van der Waals surface area contributed by atoms with Crippen LogP contribution < -0.4 is 10.6 Å². The van der Waals surface area contributed by atoms with E-state index in [9.17, 15) is 14.0 Å². The van der Waals surface area contributed by atoms with E-state index in [1.807, 2.05) is 7.05 Å². The Bertz CT molecular complexity index is 624. The van der Waals surface area contributed by atoms with Crippen LogP contribution in [0.25, 0.3) is 0 Å². The highest BCUT2D eigenvalue weighted by Gasteiger charge is 2.31. The number of likely N-dealkylation sites (N-methyl/N-ethyl adjacent to an activating group) is 1. The lowest BCUT2D eigenvalue weighted by atomic mass is 9.99. The van der Waals surface area contributed by atoms with E-state index < -0.39 is 5.82 Å². The molecule has 7 heteroatoms. The van der Waals surface area contributed by atoms with Crippen LogP contribution in [0.5, 0.6) is 0 Å². The van der Waals surface area contributed by atoms with Crippen LogP contribution in [0, 0.1) is 5.82 Å². The Kier molecular flexibility index (Phi) is 5.59. The lowest BCUT2D eigenvalue weighted by Crippen LogP contribution is -2.41. The molecule has 1 saturated heterocycles. The zero-order valence-electron chi connectivity index (χ0n) is 13.0. The first-order valence-corrected chi connectivity index (χ1v) is 7.68. The van der Waals surface area contributed by atoms with Crippen LogP contribution in [0.3, 0.4) is 0 Å². The number of carbonyl (C=O) groups excluding carboxylic acids is 2. The number of likely N-dealkylation sites (tertiary alicyclic amines) is 1. The molecule has 0 bridgehead atoms. The smallest absolute Gasteiger partial charge is 0.257 e. The van der Waals surface area contributed by atoms with Gasteiger partial charge in [0.1, 0.15) is 5.82 Å². The van der Waals surface area contributed by atoms with Crippen molar-refractivity contribution in [3.63, 3.8) is 0 Å². The number of anilines is 1. The zero-order valence-corrected chi connectivity index (χ0v) is 13.8. The lowest BCUT2D eigenvalue weighted by Gasteiger charge is -2.26. The van der Waals surface area contributed by atoms with Crippen molar-refractivity contribution in [3.05, 3.63) is 29.1 Å². The number of nitrogens with zero attached hydrogens (tertiary/aromatic N) is 1. The van der Waals surface area contributed by atoms with Crippen LogP contribution in [0.1, 0.15) is 35.2 Å². The van der Waals surface area contributed by atoms with E-state index >= 15 is 0 Å². The molecular weight excluding hydrogens is 321 g/mol. The Morgan fingerprint density at radius 3 is 2.96 bits per heavy atom. The second-order valence-electron chi connectivity index (χ2n) is 5.89. The quantitative estimate of drug-likeness (QED) is 0.883. The summed E-state index contributed by atoms with van der Waals surface area (Å²) in [5.41, 5.74) is 1.42. The molecule has 1 fully saturated rings. The Hall–Kier alpha value is -1.66. The van der Waals surface area contributed by atoms with Gasteiger partial charge in [-0.15, -0.1) is 12.4 Å². The maximum Gasteiger partial charge on any atom is 0.257 e. The molecule has 2 N–H and O–H groups in total. The molecule has 0 aliphatic carbocycles. The Balaban J connectivity index is 0.00000192. The highest BCUT2D eigenvalue weighted by molar-refractivity contribution is 5.98. The van der Waals surface area contributed by atoms with Crippen LogP contribution in [-0.4, -0.2) is 42.9 Å². The predicted molar refractivity (Wildman–Crippen MR) is 88.6 cm³/mol. The molecule has 1 aromatic carbocycles. The standard InChI is InChI=1S/C16H20FN3O2.ClH/c1-18-9-11-3-2-6-20(11)16(22)12-7-10-4-5-15(21)19-14(10)8-13(12)17;/h7-8,11,18H,2-6,9H2,1H3,(H,19,21);1H. The van der Waals surface area contributed by atoms with E-state index in [4.69, 9.17) is 0 Å². The normalized spacial score (nSPS) is 19.8. The van der Waals surface area contributed by atoms with Crippen molar-refractivity contribution in [2.24, 2.45) is 0 Å². The third kappa shape index (κ3) is 3.48. The van der Waals surface area contributed by atoms with Gasteiger partial charge in [0.25, 0.3) is 5.91 Å². The van der Waals surface area contributed by atoms with Crippen molar-refractivity contribution in [1.29, 1.82) is 0 Å². The van der Waals surface area contributed by atoms with E-state index in [-0.39, 0.29) is 35.8 Å². The van der Waals surface area contributed by atoms with E-state index in [1.165, 1.54) is 6.07 Å². The average molecular weight is 342 g/mol. The van der Waals surface area contributed by atoms with Gasteiger partial charge in [-0.3, -0.25) is 9.59 Å². The number of fused-ring (bicyclic) bond motifs is 1. The van der Waals surface area contributed by atoms with Gasteiger partial charge in [-0.05, 0) is 44.0 Å². The second kappa shape index (κ2) is 7.27. The van der Waals surface area contributed by atoms with Crippen molar-refractivity contribution >= 4 is 29.9 Å². The molecule has 2 amide bonds. The van der Waals surface area contributed by atoms with E-state index in [0.717, 1.165) is 18.4 Å². The third-order valence-electron chi connectivity index (χ3n) is 4.40. The average Bonchev–Trinajstić information content (AvgIpc) is 2.94. The first-order chi connectivity index (χ1) is 10.6. The molecule has 5 nitrogen and oxygen atoms in total. The molecule has 0 spiro atoms. The summed E-state index contributed by atoms with van der Waals surface area (Å²) < 4.78 is 14.3. The minimum atomic E-state index is -0.568. The van der Waals surface area contributed by atoms with Gasteiger partial charge in [0.05, 0.1) is 5.56 Å². The number of hydrogen-bond donors (Lipinski definition) is 2. The molecule has 1 unspecified atom stereocenters. The van der Waals surface area contributed by atoms with Gasteiger partial charge in [0.2, 0.25) is 5.91 Å². The van der Waals surface area contributed by atoms with Crippen LogP contribution >= 0.6 is 12.4 Å². The van der Waals surface area contributed by atoms with Crippen molar-refractivity contribution in [3.8, 4) is 0 Å². The highest BCUT2D eigenvalue weighted by atomic mass is 35.5. The van der Waals surface area contributed by atoms with Gasteiger partial charge in [0.15, 0.2) is 0 Å². The van der Waals surface area contributed by atoms with E-state index in [0.29, 0.717) is 31.6 Å². The number of nitrogens with one attached hydrogen (secondary N) is 2. The summed E-state index contributed by atoms with van der Waals surface area (Å²) in [7, 11) is 1.85. The van der Waals surface area contributed by atoms with E-state index in [2.05, 4.69) is 10.6 Å². The third-order valence-corrected chi connectivity index (χ3v) is 4.40. The topological polar surface area (TPSA) is 61.4 Å². The number of halogens is 2. The maximum absolute atomic E-state index is 14.3. The van der Waals surface area contributed by atoms with Crippen molar-refractivity contribution in [2.75, 3.05) is 25.5 Å². The maximum atomic E-state index is 14.3. The first-order valence-electron chi connectivity index (χ1n) is 7.68. The summed E-state index contributed by atoms with van der Waals surface area (Å²) in [5, 5.41) is 5.73. The summed E-state index contributed by atoms with van der Waals surface area (Å²) in [6.07, 6.45) is 2.80. The predicted octanol–water partition coefficient (Wildman–Crippen LogP) is 1.96. The summed E-state index contributed by atoms with van der Waals surface area (Å²) in [5.74, 6) is -0.935. The number of hydrogen-bond acceptors (Lipinski definition) is 3. The summed E-state index contributed by atoms with van der Waals surface area (Å²) >= 11 is 0. The van der Waals surface area contributed by atoms with Crippen molar-refractivity contribution < 1.29 is 14.0 Å². The number of carbonyl (C=O) groups is 2. The fourth-order valence-corrected chi connectivity index (χ4v) is 3.27. The minimum Gasteiger partial charge on any atom is -0.334 e. The molecule has 1 aromatic rings. The summed E-state index contributed by atoms with van der Waals surface area (Å²) in [4.78, 5) is 25.8. The van der Waals surface area contributed by atoms with Gasteiger partial charge < -0.3 is 15.5 Å².